The van der Waals surface area contributed by atoms with Crippen LogP contribution in [0.2, 0.25) is 0 Å². The first-order valence-electron chi connectivity index (χ1n) is 10.1. The summed E-state index contributed by atoms with van der Waals surface area (Å²) < 4.78 is 4.35. The zero-order chi connectivity index (χ0) is 24.1. The number of carbonyl (C=O) groups is 3. The zero-order valence-electron chi connectivity index (χ0n) is 18.5. The summed E-state index contributed by atoms with van der Waals surface area (Å²) in [5.41, 5.74) is 1.84. The van der Waals surface area contributed by atoms with Crippen molar-refractivity contribution in [1.29, 1.82) is 5.26 Å². The highest BCUT2D eigenvalue weighted by Gasteiger charge is 2.24. The molecule has 9 heteroatoms. The topological polar surface area (TPSA) is 120 Å². The summed E-state index contributed by atoms with van der Waals surface area (Å²) >= 11 is 1.33. The number of thiophene rings is 1. The molecule has 8 nitrogen and oxygen atoms in total. The van der Waals surface area contributed by atoms with Gasteiger partial charge in [0.15, 0.2) is 0 Å². The summed E-state index contributed by atoms with van der Waals surface area (Å²) in [6.45, 7) is 10.2. The van der Waals surface area contributed by atoms with Gasteiger partial charge in [0.05, 0.1) is 19.2 Å². The van der Waals surface area contributed by atoms with E-state index in [0.717, 1.165) is 23.3 Å². The number of methoxy groups -OCH3 is 1. The maximum absolute atomic E-state index is 12.2. The second-order valence-corrected chi connectivity index (χ2v) is 8.02. The number of hydrogen-bond acceptors (Lipinski definition) is 7. The van der Waals surface area contributed by atoms with E-state index in [1.54, 1.807) is 4.90 Å². The van der Waals surface area contributed by atoms with Crippen LogP contribution in [0.1, 0.15) is 48.6 Å². The first-order chi connectivity index (χ1) is 15.3. The highest BCUT2D eigenvalue weighted by molar-refractivity contribution is 7.16. The van der Waals surface area contributed by atoms with Gasteiger partial charge in [0, 0.05) is 24.3 Å². The van der Waals surface area contributed by atoms with Gasteiger partial charge < -0.3 is 20.1 Å². The van der Waals surface area contributed by atoms with Crippen molar-refractivity contribution in [2.45, 2.75) is 45.6 Å². The van der Waals surface area contributed by atoms with Gasteiger partial charge in [0.1, 0.15) is 16.8 Å². The van der Waals surface area contributed by atoms with E-state index in [2.05, 4.69) is 29.3 Å². The molecule has 1 aliphatic heterocycles. The molecule has 0 saturated carbocycles. The van der Waals surface area contributed by atoms with Gasteiger partial charge >= 0.3 is 5.97 Å². The van der Waals surface area contributed by atoms with Gasteiger partial charge in [-0.1, -0.05) is 26.2 Å². The molecule has 2 N–H and O–H groups in total. The minimum Gasteiger partial charge on any atom is -0.508 e. The minimum atomic E-state index is -0.255. The summed E-state index contributed by atoms with van der Waals surface area (Å²) in [6.07, 6.45) is 6.11. The van der Waals surface area contributed by atoms with Crippen LogP contribution >= 0.6 is 11.3 Å². The van der Waals surface area contributed by atoms with Crippen LogP contribution < -0.4 is 5.32 Å². The van der Waals surface area contributed by atoms with Crippen LogP contribution in [0, 0.1) is 11.3 Å². The first-order valence-corrected chi connectivity index (χ1v) is 10.9. The van der Waals surface area contributed by atoms with Crippen LogP contribution in [-0.2, 0) is 32.1 Å². The van der Waals surface area contributed by atoms with E-state index in [1.807, 2.05) is 6.92 Å². The van der Waals surface area contributed by atoms with E-state index < -0.39 is 0 Å². The van der Waals surface area contributed by atoms with Gasteiger partial charge in [0.2, 0.25) is 12.3 Å². The van der Waals surface area contributed by atoms with Crippen LogP contribution in [0.3, 0.4) is 0 Å². The molecule has 0 atom stereocenters. The van der Waals surface area contributed by atoms with E-state index in [0.29, 0.717) is 48.5 Å². The summed E-state index contributed by atoms with van der Waals surface area (Å²) in [6, 6.07) is 2.15. The van der Waals surface area contributed by atoms with Crippen LogP contribution in [0.15, 0.2) is 36.6 Å². The largest absolute Gasteiger partial charge is 0.508 e. The Morgan fingerprint density at radius 2 is 2.09 bits per heavy atom. The summed E-state index contributed by atoms with van der Waals surface area (Å²) in [5, 5.41) is 22.3. The highest BCUT2D eigenvalue weighted by atomic mass is 32.1. The molecule has 0 spiro atoms. The average molecular weight is 460 g/mol. The lowest BCUT2D eigenvalue weighted by molar-refractivity contribution is -0.140. The minimum absolute atomic E-state index is 0.000978. The lowest BCUT2D eigenvalue weighted by Crippen LogP contribution is -2.28. The summed E-state index contributed by atoms with van der Waals surface area (Å²) in [7, 11) is 1.40. The van der Waals surface area contributed by atoms with E-state index in [4.69, 9.17) is 0 Å². The maximum Gasteiger partial charge on any atom is 0.305 e. The number of fused-ring (bicyclic) bond motifs is 1. The van der Waals surface area contributed by atoms with Gasteiger partial charge in [-0.3, -0.25) is 14.4 Å². The molecule has 172 valence electrons. The molecule has 0 bridgehead atoms. The third-order valence-electron chi connectivity index (χ3n) is 4.57. The van der Waals surface area contributed by atoms with E-state index >= 15 is 0 Å². The lowest BCUT2D eigenvalue weighted by Gasteiger charge is -2.22. The molecule has 1 aliphatic rings. The Bertz CT molecular complexity index is 927. The number of rotatable bonds is 9. The van der Waals surface area contributed by atoms with Gasteiger partial charge in [-0.05, 0) is 36.5 Å². The van der Waals surface area contributed by atoms with Crippen molar-refractivity contribution in [2.75, 3.05) is 19.0 Å². The fourth-order valence-electron chi connectivity index (χ4n) is 2.84. The molecule has 2 rings (SSSR count). The lowest BCUT2D eigenvalue weighted by atomic mass is 10.0. The van der Waals surface area contributed by atoms with Gasteiger partial charge in [-0.25, -0.2) is 0 Å². The zero-order valence-corrected chi connectivity index (χ0v) is 19.3. The number of aliphatic hydroxyl groups is 1. The molecular formula is C23H29N3O5S. The molecule has 0 unspecified atom stereocenters. The maximum atomic E-state index is 12.2. The van der Waals surface area contributed by atoms with Crippen molar-refractivity contribution < 1.29 is 24.2 Å². The number of hydrogen-bond donors (Lipinski definition) is 2. The fraction of sp³-hybridized carbons (Fsp3) is 0.391. The Morgan fingerprint density at radius 3 is 2.62 bits per heavy atom. The molecule has 0 fully saturated rings. The van der Waals surface area contributed by atoms with Gasteiger partial charge in [0.25, 0.3) is 0 Å². The number of nitrogens with one attached hydrogen (secondary N) is 1. The number of ether oxygens (including phenoxy) is 1. The third kappa shape index (κ3) is 8.04. The van der Waals surface area contributed by atoms with E-state index in [1.165, 1.54) is 30.6 Å². The van der Waals surface area contributed by atoms with Crippen molar-refractivity contribution in [3.63, 3.8) is 0 Å². The van der Waals surface area contributed by atoms with E-state index in [9.17, 15) is 24.8 Å². The predicted molar refractivity (Wildman–Crippen MR) is 124 cm³/mol. The quantitative estimate of drug-likeness (QED) is 0.249. The van der Waals surface area contributed by atoms with Gasteiger partial charge in [-0.15, -0.1) is 11.3 Å². The van der Waals surface area contributed by atoms with Crippen molar-refractivity contribution in [2.24, 2.45) is 0 Å². The molecular weight excluding hydrogens is 430 g/mol. The molecule has 0 aromatic carbocycles. The summed E-state index contributed by atoms with van der Waals surface area (Å²) in [4.78, 5) is 35.8. The Balaban J connectivity index is 0.000000633. The van der Waals surface area contributed by atoms with E-state index in [-0.39, 0.29) is 24.1 Å². The van der Waals surface area contributed by atoms with Crippen molar-refractivity contribution in [3.8, 4) is 6.07 Å². The van der Waals surface area contributed by atoms with Gasteiger partial charge in [-0.2, -0.15) is 5.26 Å². The number of allylic oxidation sites excluding steroid dienone is 3. The number of carbonyl (C=O) groups excluding carboxylic acids is 3. The molecule has 32 heavy (non-hydrogen) atoms. The Labute approximate surface area is 192 Å². The smallest absolute Gasteiger partial charge is 0.305 e. The van der Waals surface area contributed by atoms with Crippen LogP contribution in [0.4, 0.5) is 5.00 Å². The molecule has 1 aromatic rings. The highest BCUT2D eigenvalue weighted by Crippen LogP contribution is 2.36. The molecule has 2 heterocycles. The fourth-order valence-corrected chi connectivity index (χ4v) is 4.08. The second kappa shape index (κ2) is 13.8. The third-order valence-corrected chi connectivity index (χ3v) is 5.71. The number of esters is 1. The number of amides is 2. The van der Waals surface area contributed by atoms with Crippen LogP contribution in [0.5, 0.6) is 0 Å². The van der Waals surface area contributed by atoms with Crippen LogP contribution in [-0.4, -0.2) is 41.9 Å². The van der Waals surface area contributed by atoms with Crippen molar-refractivity contribution in [3.05, 3.63) is 52.6 Å². The number of nitrogens with zero attached hydrogens (tertiary/aromatic N) is 2. The Kier molecular flexibility index (Phi) is 11.5. The Hall–Kier alpha value is -3.38. The normalized spacial score (nSPS) is 12.4. The van der Waals surface area contributed by atoms with Crippen molar-refractivity contribution >= 4 is 34.6 Å². The molecule has 0 radical (unpaired) electrons. The predicted octanol–water partition coefficient (Wildman–Crippen LogP) is 4.00. The molecule has 0 saturated heterocycles. The first kappa shape index (κ1) is 26.7. The molecule has 2 amide bonds. The number of anilines is 1. The van der Waals surface area contributed by atoms with Crippen LogP contribution in [0.25, 0.3) is 0 Å². The number of aliphatic hydroxyl groups excluding tert-OH is 1. The molecule has 0 aliphatic carbocycles. The standard InChI is InChI=1S/C18H19N3O3S.C5H10O2/c1-3-4-15(23)12(2)5-6-17(24)20-18-14(9-19)13-7-8-21(11-22)10-16(13)25-18;1-3-4-5(6)7-2/h3-4,11,23H,1-2,5-8,10H2,(H,20,24);3-4H2,1-2H3/b15-4+;. The average Bonchev–Trinajstić information content (AvgIpc) is 3.13. The Morgan fingerprint density at radius 1 is 1.38 bits per heavy atom. The number of nitriles is 1. The van der Waals surface area contributed by atoms with Crippen molar-refractivity contribution in [1.82, 2.24) is 4.90 Å². The monoisotopic (exact) mass is 459 g/mol. The summed E-state index contributed by atoms with van der Waals surface area (Å²) in [5.74, 6) is -0.376. The second-order valence-electron chi connectivity index (χ2n) is 6.91. The SMILES string of the molecule is C=C/C=C(/O)C(=C)CCC(=O)Nc1sc2c(c1C#N)CCN(C=O)C2.CCCC(=O)OC. The molecule has 1 aromatic heterocycles.